The van der Waals surface area contributed by atoms with Crippen LogP contribution in [0.3, 0.4) is 0 Å². The van der Waals surface area contributed by atoms with E-state index >= 15 is 0 Å². The maximum atomic E-state index is 12.9. The van der Waals surface area contributed by atoms with Gasteiger partial charge in [0.05, 0.1) is 0 Å². The number of halogens is 2. The number of amides is 2. The molecule has 1 aliphatic rings. The maximum absolute atomic E-state index is 12.9. The summed E-state index contributed by atoms with van der Waals surface area (Å²) < 4.78 is 12.9. The van der Waals surface area contributed by atoms with Crippen LogP contribution in [0.5, 0.6) is 0 Å². The summed E-state index contributed by atoms with van der Waals surface area (Å²) in [7, 11) is 0. The minimum Gasteiger partial charge on any atom is -0.324 e. The van der Waals surface area contributed by atoms with E-state index in [1.54, 1.807) is 17.0 Å². The molecule has 0 radical (unpaired) electrons. The SMILES string of the molecule is O=C(Nc1ccc(Cl)nn1)N1CCC(Cc2ccc(F)cc2)CC1. The van der Waals surface area contributed by atoms with Crippen LogP contribution < -0.4 is 5.32 Å². The molecule has 5 nitrogen and oxygen atoms in total. The highest BCUT2D eigenvalue weighted by Crippen LogP contribution is 2.22. The van der Waals surface area contributed by atoms with Crippen LogP contribution in [0.25, 0.3) is 0 Å². The monoisotopic (exact) mass is 348 g/mol. The maximum Gasteiger partial charge on any atom is 0.323 e. The average molecular weight is 349 g/mol. The average Bonchev–Trinajstić information content (AvgIpc) is 2.59. The molecule has 7 heteroatoms. The van der Waals surface area contributed by atoms with Crippen LogP contribution in [0.1, 0.15) is 18.4 Å². The van der Waals surface area contributed by atoms with Crippen LogP contribution >= 0.6 is 11.6 Å². The van der Waals surface area contributed by atoms with Gasteiger partial charge >= 0.3 is 6.03 Å². The number of hydrogen-bond acceptors (Lipinski definition) is 3. The van der Waals surface area contributed by atoms with E-state index in [1.807, 2.05) is 12.1 Å². The highest BCUT2D eigenvalue weighted by Gasteiger charge is 2.23. The number of nitrogens with zero attached hydrogens (tertiary/aromatic N) is 3. The lowest BCUT2D eigenvalue weighted by Gasteiger charge is -2.32. The molecule has 1 saturated heterocycles. The molecule has 2 aromatic rings. The van der Waals surface area contributed by atoms with Gasteiger partial charge in [-0.3, -0.25) is 5.32 Å². The van der Waals surface area contributed by atoms with Crippen molar-refractivity contribution in [1.29, 1.82) is 0 Å². The van der Waals surface area contributed by atoms with Crippen molar-refractivity contribution in [1.82, 2.24) is 15.1 Å². The van der Waals surface area contributed by atoms with Crippen LogP contribution in [0, 0.1) is 11.7 Å². The van der Waals surface area contributed by atoms with Crippen LogP contribution in [-0.4, -0.2) is 34.2 Å². The number of carbonyl (C=O) groups is 1. The molecule has 1 N–H and O–H groups in total. The number of aromatic nitrogens is 2. The van der Waals surface area contributed by atoms with Gasteiger partial charge in [-0.2, -0.15) is 0 Å². The van der Waals surface area contributed by atoms with Gasteiger partial charge in [-0.15, -0.1) is 10.2 Å². The summed E-state index contributed by atoms with van der Waals surface area (Å²) in [6.07, 6.45) is 2.77. The Morgan fingerprint density at radius 2 is 1.88 bits per heavy atom. The third-order valence-corrected chi connectivity index (χ3v) is 4.41. The van der Waals surface area contributed by atoms with Crippen molar-refractivity contribution >= 4 is 23.4 Å². The minimum absolute atomic E-state index is 0.174. The predicted octanol–water partition coefficient (Wildman–Crippen LogP) is 3.76. The Labute approximate surface area is 144 Å². The first-order valence-electron chi connectivity index (χ1n) is 7.90. The van der Waals surface area contributed by atoms with E-state index in [1.165, 1.54) is 12.1 Å². The molecule has 2 amide bonds. The molecule has 24 heavy (non-hydrogen) atoms. The Morgan fingerprint density at radius 1 is 1.17 bits per heavy atom. The quantitative estimate of drug-likeness (QED) is 0.918. The number of carbonyl (C=O) groups excluding carboxylic acids is 1. The second kappa shape index (κ2) is 7.57. The van der Waals surface area contributed by atoms with E-state index in [4.69, 9.17) is 11.6 Å². The van der Waals surface area contributed by atoms with Gasteiger partial charge in [0.2, 0.25) is 0 Å². The number of hydrogen-bond donors (Lipinski definition) is 1. The Morgan fingerprint density at radius 3 is 2.50 bits per heavy atom. The lowest BCUT2D eigenvalue weighted by atomic mass is 9.90. The van der Waals surface area contributed by atoms with Crippen LogP contribution in [0.2, 0.25) is 5.15 Å². The molecule has 1 aromatic carbocycles. The van der Waals surface area contributed by atoms with E-state index in [2.05, 4.69) is 15.5 Å². The smallest absolute Gasteiger partial charge is 0.323 e. The number of nitrogens with one attached hydrogen (secondary N) is 1. The van der Waals surface area contributed by atoms with E-state index in [9.17, 15) is 9.18 Å². The van der Waals surface area contributed by atoms with Crippen molar-refractivity contribution in [2.75, 3.05) is 18.4 Å². The number of urea groups is 1. The second-order valence-corrected chi connectivity index (χ2v) is 6.32. The summed E-state index contributed by atoms with van der Waals surface area (Å²) in [5.74, 6) is 0.684. The summed E-state index contributed by atoms with van der Waals surface area (Å²) in [5.41, 5.74) is 1.13. The molecule has 3 rings (SSSR count). The van der Waals surface area contributed by atoms with Crippen molar-refractivity contribution in [3.05, 3.63) is 52.9 Å². The van der Waals surface area contributed by atoms with E-state index in [-0.39, 0.29) is 17.0 Å². The largest absolute Gasteiger partial charge is 0.324 e. The summed E-state index contributed by atoms with van der Waals surface area (Å²) in [6, 6.07) is 9.66. The topological polar surface area (TPSA) is 58.1 Å². The molecule has 1 aliphatic heterocycles. The first-order chi connectivity index (χ1) is 11.6. The van der Waals surface area contributed by atoms with Gasteiger partial charge in [0, 0.05) is 13.1 Å². The molecule has 1 aromatic heterocycles. The number of likely N-dealkylation sites (tertiary alicyclic amines) is 1. The van der Waals surface area contributed by atoms with Crippen molar-refractivity contribution < 1.29 is 9.18 Å². The highest BCUT2D eigenvalue weighted by molar-refractivity contribution is 6.29. The highest BCUT2D eigenvalue weighted by atomic mass is 35.5. The molecule has 0 unspecified atom stereocenters. The van der Waals surface area contributed by atoms with Gasteiger partial charge < -0.3 is 4.90 Å². The molecule has 0 atom stereocenters. The summed E-state index contributed by atoms with van der Waals surface area (Å²) in [4.78, 5) is 14.0. The summed E-state index contributed by atoms with van der Waals surface area (Å²) in [6.45, 7) is 1.39. The van der Waals surface area contributed by atoms with E-state index in [0.29, 0.717) is 24.8 Å². The zero-order valence-electron chi connectivity index (χ0n) is 13.1. The van der Waals surface area contributed by atoms with Crippen LogP contribution in [0.15, 0.2) is 36.4 Å². The molecule has 126 valence electrons. The van der Waals surface area contributed by atoms with Gasteiger partial charge in [0.1, 0.15) is 5.82 Å². The third-order valence-electron chi connectivity index (χ3n) is 4.21. The second-order valence-electron chi connectivity index (χ2n) is 5.93. The molecule has 0 saturated carbocycles. The predicted molar refractivity (Wildman–Crippen MR) is 90.5 cm³/mol. The molecule has 0 spiro atoms. The Kier molecular flexibility index (Phi) is 5.25. The Bertz CT molecular complexity index is 685. The van der Waals surface area contributed by atoms with Crippen molar-refractivity contribution in [3.63, 3.8) is 0 Å². The molecular weight excluding hydrogens is 331 g/mol. The third kappa shape index (κ3) is 4.41. The fourth-order valence-corrected chi connectivity index (χ4v) is 2.97. The van der Waals surface area contributed by atoms with Gasteiger partial charge in [-0.25, -0.2) is 9.18 Å². The van der Waals surface area contributed by atoms with Crippen molar-refractivity contribution in [2.24, 2.45) is 5.92 Å². The van der Waals surface area contributed by atoms with Gasteiger partial charge in [-0.1, -0.05) is 23.7 Å². The van der Waals surface area contributed by atoms with Gasteiger partial charge in [0.25, 0.3) is 0 Å². The molecule has 1 fully saturated rings. The van der Waals surface area contributed by atoms with Crippen molar-refractivity contribution in [3.8, 4) is 0 Å². The first-order valence-corrected chi connectivity index (χ1v) is 8.27. The lowest BCUT2D eigenvalue weighted by molar-refractivity contribution is 0.182. The van der Waals surface area contributed by atoms with Crippen molar-refractivity contribution in [2.45, 2.75) is 19.3 Å². The Hall–Kier alpha value is -2.21. The zero-order chi connectivity index (χ0) is 16.9. The standard InChI is InChI=1S/C17H18ClFN4O/c18-15-5-6-16(22-21-15)20-17(24)23-9-7-13(8-10-23)11-12-1-3-14(19)4-2-12/h1-6,13H,7-11H2,(H,20,22,24). The summed E-state index contributed by atoms with van der Waals surface area (Å²) in [5, 5.41) is 10.5. The molecule has 0 aliphatic carbocycles. The van der Waals surface area contributed by atoms with Crippen LogP contribution in [0.4, 0.5) is 15.0 Å². The minimum atomic E-state index is -0.212. The first kappa shape index (κ1) is 16.6. The van der Waals surface area contributed by atoms with E-state index in [0.717, 1.165) is 24.8 Å². The molecule has 2 heterocycles. The molecule has 0 bridgehead atoms. The fraction of sp³-hybridized carbons (Fsp3) is 0.353. The number of benzene rings is 1. The van der Waals surface area contributed by atoms with Crippen LogP contribution in [-0.2, 0) is 6.42 Å². The normalized spacial score (nSPS) is 15.3. The fourth-order valence-electron chi connectivity index (χ4n) is 2.87. The van der Waals surface area contributed by atoms with Gasteiger partial charge in [0.15, 0.2) is 11.0 Å². The summed E-state index contributed by atoms with van der Waals surface area (Å²) >= 11 is 5.67. The lowest BCUT2D eigenvalue weighted by Crippen LogP contribution is -2.41. The number of piperidine rings is 1. The van der Waals surface area contributed by atoms with Gasteiger partial charge in [-0.05, 0) is 55.0 Å². The number of anilines is 1. The molecular formula is C17H18ClFN4O. The Balaban J connectivity index is 1.48. The van der Waals surface area contributed by atoms with E-state index < -0.39 is 0 Å². The zero-order valence-corrected chi connectivity index (χ0v) is 13.8. The number of rotatable bonds is 3.